The number of hydrogen-bond acceptors (Lipinski definition) is 5. The Morgan fingerprint density at radius 1 is 0.706 bits per heavy atom. The molecule has 6 heteroatoms. The topological polar surface area (TPSA) is 65.7 Å². The van der Waals surface area contributed by atoms with Crippen molar-refractivity contribution in [3.05, 3.63) is 120 Å². The van der Waals surface area contributed by atoms with E-state index in [-0.39, 0.29) is 0 Å². The van der Waals surface area contributed by atoms with Crippen molar-refractivity contribution >= 4 is 29.1 Å². The molecule has 0 saturated carbocycles. The Kier molecular flexibility index (Phi) is 5.98. The van der Waals surface area contributed by atoms with Gasteiger partial charge in [0.2, 0.25) is 0 Å². The zero-order valence-electron chi connectivity index (χ0n) is 18.0. The number of rotatable bonds is 5. The van der Waals surface area contributed by atoms with Crippen LogP contribution in [-0.4, -0.2) is 15.0 Å². The average Bonchev–Trinajstić information content (AvgIpc) is 2.90. The molecule has 0 saturated heterocycles. The number of aromatic nitrogens is 3. The first-order valence-electron chi connectivity index (χ1n) is 10.6. The fourth-order valence-corrected chi connectivity index (χ4v) is 4.00. The van der Waals surface area contributed by atoms with E-state index in [0.717, 1.165) is 11.1 Å². The van der Waals surface area contributed by atoms with Crippen molar-refractivity contribution < 1.29 is 0 Å². The molecule has 0 amide bonds. The Morgan fingerprint density at radius 3 is 1.91 bits per heavy atom. The van der Waals surface area contributed by atoms with Crippen molar-refractivity contribution in [3.8, 4) is 28.5 Å². The zero-order valence-corrected chi connectivity index (χ0v) is 18.8. The molecule has 0 aliphatic carbocycles. The molecule has 0 unspecified atom stereocenters. The number of hydrogen-bond donors (Lipinski definition) is 0. The van der Waals surface area contributed by atoms with Crippen LogP contribution >= 0.6 is 11.6 Å². The summed E-state index contributed by atoms with van der Waals surface area (Å²) in [5.74, 6) is 1.62. The average molecular weight is 460 g/mol. The van der Waals surface area contributed by atoms with Gasteiger partial charge in [-0.05, 0) is 36.4 Å². The second-order valence-electron chi connectivity index (χ2n) is 7.42. The normalized spacial score (nSPS) is 10.5. The molecule has 0 radical (unpaired) electrons. The van der Waals surface area contributed by atoms with Crippen LogP contribution in [0.25, 0.3) is 22.4 Å². The fraction of sp³-hybridized carbons (Fsp3) is 0. The summed E-state index contributed by atoms with van der Waals surface area (Å²) in [5, 5.41) is 10.9. The van der Waals surface area contributed by atoms with Crippen LogP contribution in [0.3, 0.4) is 0 Å². The van der Waals surface area contributed by atoms with Gasteiger partial charge in [-0.25, -0.2) is 15.0 Å². The van der Waals surface area contributed by atoms with Gasteiger partial charge in [0.05, 0.1) is 5.69 Å². The van der Waals surface area contributed by atoms with Gasteiger partial charge in [0.15, 0.2) is 5.82 Å². The Hall–Kier alpha value is -4.53. The molecule has 0 atom stereocenters. The third kappa shape index (κ3) is 4.11. The summed E-state index contributed by atoms with van der Waals surface area (Å²) in [6.45, 7) is 0. The van der Waals surface area contributed by atoms with Crippen LogP contribution < -0.4 is 4.90 Å². The van der Waals surface area contributed by atoms with E-state index in [2.05, 4.69) is 16.0 Å². The molecule has 0 fully saturated rings. The van der Waals surface area contributed by atoms with Crippen molar-refractivity contribution in [2.75, 3.05) is 4.90 Å². The molecule has 0 spiro atoms. The molecule has 0 aliphatic heterocycles. The van der Waals surface area contributed by atoms with Crippen LogP contribution in [0.4, 0.5) is 17.5 Å². The smallest absolute Gasteiger partial charge is 0.159 e. The van der Waals surface area contributed by atoms with Gasteiger partial charge in [-0.3, -0.25) is 4.90 Å². The van der Waals surface area contributed by atoms with Crippen LogP contribution in [0.1, 0.15) is 5.56 Å². The van der Waals surface area contributed by atoms with Gasteiger partial charge in [-0.1, -0.05) is 72.3 Å². The number of halogens is 1. The van der Waals surface area contributed by atoms with Crippen LogP contribution in [0.15, 0.2) is 109 Å². The first-order chi connectivity index (χ1) is 16.8. The number of pyridine rings is 3. The summed E-state index contributed by atoms with van der Waals surface area (Å²) >= 11 is 6.58. The number of nitrogens with zero attached hydrogens (tertiary/aromatic N) is 5. The quantitative estimate of drug-likeness (QED) is 0.278. The monoisotopic (exact) mass is 459 g/mol. The SMILES string of the molecule is N#Cc1c(-c2ccccc2Cl)cc(-c2ccccc2)nc1N(c1ccccn1)c1ccccn1. The lowest BCUT2D eigenvalue weighted by molar-refractivity contribution is 1.08. The summed E-state index contributed by atoms with van der Waals surface area (Å²) < 4.78 is 0. The molecule has 34 heavy (non-hydrogen) atoms. The number of nitriles is 1. The minimum absolute atomic E-state index is 0.379. The summed E-state index contributed by atoms with van der Waals surface area (Å²) in [5.41, 5.74) is 3.45. The molecular weight excluding hydrogens is 442 g/mol. The van der Waals surface area contributed by atoms with Gasteiger partial charge in [0.1, 0.15) is 23.3 Å². The summed E-state index contributed by atoms with van der Waals surface area (Å²) in [6, 6.07) is 32.8. The summed E-state index contributed by atoms with van der Waals surface area (Å²) in [6.07, 6.45) is 3.40. The molecule has 3 aromatic heterocycles. The maximum Gasteiger partial charge on any atom is 0.159 e. The minimum atomic E-state index is 0.379. The van der Waals surface area contributed by atoms with E-state index in [4.69, 9.17) is 16.6 Å². The van der Waals surface area contributed by atoms with Crippen LogP contribution in [0, 0.1) is 11.3 Å². The Morgan fingerprint density at radius 2 is 1.32 bits per heavy atom. The molecule has 0 aliphatic rings. The zero-order chi connectivity index (χ0) is 23.3. The number of benzene rings is 2. The predicted octanol–water partition coefficient (Wildman–Crippen LogP) is 7.20. The first-order valence-corrected chi connectivity index (χ1v) is 11.0. The largest absolute Gasteiger partial charge is 0.261 e. The highest BCUT2D eigenvalue weighted by molar-refractivity contribution is 6.33. The molecule has 2 aromatic carbocycles. The summed E-state index contributed by atoms with van der Waals surface area (Å²) in [4.78, 5) is 15.8. The number of anilines is 3. The van der Waals surface area contributed by atoms with Gasteiger partial charge in [-0.15, -0.1) is 0 Å². The first kappa shape index (κ1) is 21.3. The van der Waals surface area contributed by atoms with Crippen molar-refractivity contribution in [2.24, 2.45) is 0 Å². The highest BCUT2D eigenvalue weighted by Crippen LogP contribution is 2.40. The van der Waals surface area contributed by atoms with Crippen molar-refractivity contribution in [1.82, 2.24) is 15.0 Å². The molecule has 3 heterocycles. The van der Waals surface area contributed by atoms with Gasteiger partial charge in [0, 0.05) is 34.1 Å². The van der Waals surface area contributed by atoms with Gasteiger partial charge in [-0.2, -0.15) is 5.26 Å². The van der Waals surface area contributed by atoms with Crippen LogP contribution in [-0.2, 0) is 0 Å². The Balaban J connectivity index is 1.86. The van der Waals surface area contributed by atoms with E-state index in [1.54, 1.807) is 17.3 Å². The van der Waals surface area contributed by atoms with E-state index in [0.29, 0.717) is 39.3 Å². The highest BCUT2D eigenvalue weighted by Gasteiger charge is 2.24. The van der Waals surface area contributed by atoms with Crippen molar-refractivity contribution in [3.63, 3.8) is 0 Å². The maximum absolute atomic E-state index is 10.4. The van der Waals surface area contributed by atoms with Gasteiger partial charge >= 0.3 is 0 Å². The molecule has 0 bridgehead atoms. The predicted molar refractivity (Wildman–Crippen MR) is 135 cm³/mol. The molecule has 5 rings (SSSR count). The maximum atomic E-state index is 10.4. The van der Waals surface area contributed by atoms with Crippen LogP contribution in [0.5, 0.6) is 0 Å². The lowest BCUT2D eigenvalue weighted by atomic mass is 9.98. The minimum Gasteiger partial charge on any atom is -0.261 e. The van der Waals surface area contributed by atoms with E-state index < -0.39 is 0 Å². The van der Waals surface area contributed by atoms with E-state index in [1.165, 1.54) is 0 Å². The second-order valence-corrected chi connectivity index (χ2v) is 7.83. The fourth-order valence-electron chi connectivity index (χ4n) is 3.76. The summed E-state index contributed by atoms with van der Waals surface area (Å²) in [7, 11) is 0. The van der Waals surface area contributed by atoms with Gasteiger partial charge in [0.25, 0.3) is 0 Å². The van der Waals surface area contributed by atoms with Crippen LogP contribution in [0.2, 0.25) is 5.02 Å². The Bertz CT molecular complexity index is 1430. The molecule has 5 nitrogen and oxygen atoms in total. The van der Waals surface area contributed by atoms with Gasteiger partial charge < -0.3 is 0 Å². The third-order valence-corrected chi connectivity index (χ3v) is 5.64. The lowest BCUT2D eigenvalue weighted by Gasteiger charge is -2.24. The molecule has 0 N–H and O–H groups in total. The third-order valence-electron chi connectivity index (χ3n) is 5.31. The standard InChI is InChI=1S/C28H18ClN5/c29-24-13-5-4-12-21(24)22-18-25(20-10-2-1-3-11-20)33-28(23(22)19-30)34(26-14-6-8-16-31-26)27-15-7-9-17-32-27/h1-18H. The highest BCUT2D eigenvalue weighted by atomic mass is 35.5. The van der Waals surface area contributed by atoms with E-state index >= 15 is 0 Å². The Labute approximate surface area is 202 Å². The molecular formula is C28H18ClN5. The van der Waals surface area contributed by atoms with Crippen molar-refractivity contribution in [2.45, 2.75) is 0 Å². The lowest BCUT2D eigenvalue weighted by Crippen LogP contribution is -2.16. The van der Waals surface area contributed by atoms with E-state index in [1.807, 2.05) is 97.1 Å². The second kappa shape index (κ2) is 9.53. The molecule has 5 aromatic rings. The van der Waals surface area contributed by atoms with E-state index in [9.17, 15) is 5.26 Å². The van der Waals surface area contributed by atoms with Crippen molar-refractivity contribution in [1.29, 1.82) is 5.26 Å². The molecule has 162 valence electrons.